The molecule has 1 aliphatic heterocycles. The summed E-state index contributed by atoms with van der Waals surface area (Å²) in [5.41, 5.74) is 14.4. The molecule has 1 amide bonds. The zero-order chi connectivity index (χ0) is 19.9. The number of nitrogens with two attached hydrogens (primary N) is 2. The smallest absolute Gasteiger partial charge is 0.282 e. The second-order valence-corrected chi connectivity index (χ2v) is 7.26. The summed E-state index contributed by atoms with van der Waals surface area (Å²) in [6.45, 7) is 2.62. The number of anilines is 1. The lowest BCUT2D eigenvalue weighted by Crippen LogP contribution is -2.23. The van der Waals surface area contributed by atoms with Crippen molar-refractivity contribution in [3.8, 4) is 0 Å². The molecule has 0 radical (unpaired) electrons. The van der Waals surface area contributed by atoms with Crippen molar-refractivity contribution in [3.05, 3.63) is 41.7 Å². The number of ether oxygens (including phenoxy) is 1. The second kappa shape index (κ2) is 9.39. The number of hydrogen-bond acceptors (Lipinski definition) is 6. The van der Waals surface area contributed by atoms with Gasteiger partial charge in [0.2, 0.25) is 0 Å². The van der Waals surface area contributed by atoms with Crippen LogP contribution in [0.4, 0.5) is 5.69 Å². The normalized spacial score (nSPS) is 20.3. The Morgan fingerprint density at radius 3 is 2.64 bits per heavy atom. The van der Waals surface area contributed by atoms with E-state index >= 15 is 0 Å². The molecule has 1 unspecified atom stereocenters. The standard InChI is InChI=1S/C21H29N5O2/c1-2-18(15-4-3-5-15)26-19(12-22)20(27)24-16-9-6-14(7-10-16)8-11-17-13-28-21(23)25-17/h6-7,9-10,12,15,17H,2-5,8,11,13,22H2,1H3,(H2,23,25)(H,24,27)/b19-12-,26-18?. The first-order valence-corrected chi connectivity index (χ1v) is 9.94. The number of aryl methyl sites for hydroxylation is 1. The highest BCUT2D eigenvalue weighted by Gasteiger charge is 2.23. The molecule has 150 valence electrons. The molecule has 0 aromatic heterocycles. The second-order valence-electron chi connectivity index (χ2n) is 7.26. The topological polar surface area (TPSA) is 115 Å². The fourth-order valence-corrected chi connectivity index (χ4v) is 3.39. The molecule has 1 atom stereocenters. The average Bonchev–Trinajstić information content (AvgIpc) is 3.08. The van der Waals surface area contributed by atoms with Gasteiger partial charge < -0.3 is 21.5 Å². The van der Waals surface area contributed by atoms with Crippen molar-refractivity contribution in [3.63, 3.8) is 0 Å². The van der Waals surface area contributed by atoms with Gasteiger partial charge in [0, 0.05) is 17.6 Å². The van der Waals surface area contributed by atoms with Crippen molar-refractivity contribution < 1.29 is 9.53 Å². The van der Waals surface area contributed by atoms with Gasteiger partial charge in [-0.3, -0.25) is 9.79 Å². The monoisotopic (exact) mass is 383 g/mol. The quantitative estimate of drug-likeness (QED) is 0.473. The molecule has 1 aromatic carbocycles. The van der Waals surface area contributed by atoms with Crippen LogP contribution in [0, 0.1) is 5.92 Å². The molecule has 1 fully saturated rings. The van der Waals surface area contributed by atoms with Gasteiger partial charge in [0.15, 0.2) is 0 Å². The number of rotatable bonds is 8. The third kappa shape index (κ3) is 5.12. The van der Waals surface area contributed by atoms with Gasteiger partial charge in [-0.2, -0.15) is 0 Å². The number of nitrogens with one attached hydrogen (secondary N) is 1. The van der Waals surface area contributed by atoms with E-state index < -0.39 is 0 Å². The van der Waals surface area contributed by atoms with Crippen LogP contribution in [-0.4, -0.2) is 30.3 Å². The lowest BCUT2D eigenvalue weighted by Gasteiger charge is -2.26. The molecule has 0 bridgehead atoms. The number of nitrogens with zero attached hydrogens (tertiary/aromatic N) is 2. The molecule has 1 aliphatic carbocycles. The summed E-state index contributed by atoms with van der Waals surface area (Å²) >= 11 is 0. The summed E-state index contributed by atoms with van der Waals surface area (Å²) in [6.07, 6.45) is 7.41. The Labute approximate surface area is 165 Å². The molecule has 0 spiro atoms. The van der Waals surface area contributed by atoms with Crippen molar-refractivity contribution in [2.45, 2.75) is 51.5 Å². The van der Waals surface area contributed by atoms with Crippen LogP contribution in [0.2, 0.25) is 0 Å². The zero-order valence-electron chi connectivity index (χ0n) is 16.4. The van der Waals surface area contributed by atoms with Crippen LogP contribution in [0.15, 0.2) is 46.1 Å². The molecule has 7 heteroatoms. The Kier molecular flexibility index (Phi) is 6.68. The van der Waals surface area contributed by atoms with Gasteiger partial charge in [-0.1, -0.05) is 25.5 Å². The number of benzene rings is 1. The highest BCUT2D eigenvalue weighted by atomic mass is 16.5. The SMILES string of the molecule is CCC(=N/C(=C\N)C(=O)Nc1ccc(CCC2COC(N)=N2)cc1)C1CCC1. The molecule has 3 rings (SSSR count). The molecule has 2 aliphatic rings. The lowest BCUT2D eigenvalue weighted by atomic mass is 9.81. The minimum atomic E-state index is -0.284. The molecule has 28 heavy (non-hydrogen) atoms. The molecule has 7 nitrogen and oxygen atoms in total. The summed E-state index contributed by atoms with van der Waals surface area (Å²) in [4.78, 5) is 21.3. The van der Waals surface area contributed by atoms with Crippen molar-refractivity contribution >= 4 is 23.3 Å². The molecular formula is C21H29N5O2. The fourth-order valence-electron chi connectivity index (χ4n) is 3.39. The summed E-state index contributed by atoms with van der Waals surface area (Å²) in [5, 5.41) is 2.87. The molecule has 5 N–H and O–H groups in total. The van der Waals surface area contributed by atoms with E-state index in [0.717, 1.165) is 43.5 Å². The van der Waals surface area contributed by atoms with E-state index in [-0.39, 0.29) is 23.7 Å². The van der Waals surface area contributed by atoms with Crippen LogP contribution in [-0.2, 0) is 16.0 Å². The van der Waals surface area contributed by atoms with Gasteiger partial charge in [-0.15, -0.1) is 0 Å². The van der Waals surface area contributed by atoms with Crippen LogP contribution < -0.4 is 16.8 Å². The van der Waals surface area contributed by atoms with Crippen LogP contribution in [0.5, 0.6) is 0 Å². The van der Waals surface area contributed by atoms with Gasteiger partial charge in [0.05, 0.1) is 6.04 Å². The minimum Gasteiger partial charge on any atom is -0.463 e. The summed E-state index contributed by atoms with van der Waals surface area (Å²) in [5.74, 6) is 0.213. The van der Waals surface area contributed by atoms with E-state index in [1.807, 2.05) is 24.3 Å². The van der Waals surface area contributed by atoms with E-state index in [2.05, 4.69) is 22.2 Å². The molecular weight excluding hydrogens is 354 g/mol. The predicted molar refractivity (Wildman–Crippen MR) is 112 cm³/mol. The largest absolute Gasteiger partial charge is 0.463 e. The first kappa shape index (κ1) is 19.9. The van der Waals surface area contributed by atoms with Gasteiger partial charge in [-0.05, 0) is 55.7 Å². The van der Waals surface area contributed by atoms with Gasteiger partial charge in [0.1, 0.15) is 12.3 Å². The maximum atomic E-state index is 12.5. The van der Waals surface area contributed by atoms with Crippen LogP contribution >= 0.6 is 0 Å². The summed E-state index contributed by atoms with van der Waals surface area (Å²) in [7, 11) is 0. The molecule has 1 saturated carbocycles. The molecule has 0 saturated heterocycles. The van der Waals surface area contributed by atoms with Crippen LogP contribution in [0.1, 0.15) is 44.6 Å². The van der Waals surface area contributed by atoms with E-state index in [1.54, 1.807) is 0 Å². The number of carbonyl (C=O) groups excluding carboxylic acids is 1. The van der Waals surface area contributed by atoms with Crippen molar-refractivity contribution in [2.75, 3.05) is 11.9 Å². The number of aliphatic imine (C=N–C) groups is 2. The van der Waals surface area contributed by atoms with E-state index in [4.69, 9.17) is 16.2 Å². The first-order valence-electron chi connectivity index (χ1n) is 9.94. The van der Waals surface area contributed by atoms with Crippen LogP contribution in [0.3, 0.4) is 0 Å². The maximum absolute atomic E-state index is 12.5. The highest BCUT2D eigenvalue weighted by Crippen LogP contribution is 2.29. The number of amidine groups is 1. The van der Waals surface area contributed by atoms with Crippen molar-refractivity contribution in [2.24, 2.45) is 27.4 Å². The number of hydrogen-bond donors (Lipinski definition) is 3. The fraction of sp³-hybridized carbons (Fsp3) is 0.476. The Morgan fingerprint density at radius 2 is 2.11 bits per heavy atom. The number of carbonyl (C=O) groups is 1. The van der Waals surface area contributed by atoms with E-state index in [1.165, 1.54) is 18.2 Å². The Hall–Kier alpha value is -2.83. The third-order valence-electron chi connectivity index (χ3n) is 5.30. The minimum absolute atomic E-state index is 0.123. The maximum Gasteiger partial charge on any atom is 0.282 e. The Balaban J connectivity index is 1.55. The van der Waals surface area contributed by atoms with E-state index in [9.17, 15) is 4.79 Å². The molecule has 1 aromatic rings. The highest BCUT2D eigenvalue weighted by molar-refractivity contribution is 6.05. The predicted octanol–water partition coefficient (Wildman–Crippen LogP) is 2.72. The Bertz CT molecular complexity index is 778. The van der Waals surface area contributed by atoms with Crippen molar-refractivity contribution in [1.29, 1.82) is 0 Å². The van der Waals surface area contributed by atoms with Gasteiger partial charge in [-0.25, -0.2) is 4.99 Å². The summed E-state index contributed by atoms with van der Waals surface area (Å²) < 4.78 is 5.16. The average molecular weight is 383 g/mol. The lowest BCUT2D eigenvalue weighted by molar-refractivity contribution is -0.112. The number of amides is 1. The van der Waals surface area contributed by atoms with Gasteiger partial charge in [0.25, 0.3) is 11.9 Å². The van der Waals surface area contributed by atoms with Crippen LogP contribution in [0.25, 0.3) is 0 Å². The van der Waals surface area contributed by atoms with E-state index in [0.29, 0.717) is 12.5 Å². The first-order chi connectivity index (χ1) is 13.6. The molecule has 1 heterocycles. The third-order valence-corrected chi connectivity index (χ3v) is 5.30. The summed E-state index contributed by atoms with van der Waals surface area (Å²) in [6, 6.07) is 8.18. The van der Waals surface area contributed by atoms with Gasteiger partial charge >= 0.3 is 0 Å². The Morgan fingerprint density at radius 1 is 1.36 bits per heavy atom. The zero-order valence-corrected chi connectivity index (χ0v) is 16.4. The van der Waals surface area contributed by atoms with Crippen molar-refractivity contribution in [1.82, 2.24) is 0 Å².